The molecule has 1 saturated heterocycles. The fourth-order valence-corrected chi connectivity index (χ4v) is 4.23. The molecule has 4 rings (SSSR count). The van der Waals surface area contributed by atoms with Crippen molar-refractivity contribution < 1.29 is 14.3 Å². The van der Waals surface area contributed by atoms with Crippen molar-refractivity contribution in [2.24, 2.45) is 0 Å². The van der Waals surface area contributed by atoms with Crippen molar-refractivity contribution in [2.45, 2.75) is 20.8 Å². The summed E-state index contributed by atoms with van der Waals surface area (Å²) in [5, 5.41) is 3.31. The maximum Gasteiger partial charge on any atom is 0.270 e. The van der Waals surface area contributed by atoms with Crippen LogP contribution >= 0.6 is 23.8 Å². The van der Waals surface area contributed by atoms with Crippen molar-refractivity contribution in [3.8, 4) is 11.4 Å². The molecule has 1 N–H and O–H groups in total. The minimum absolute atomic E-state index is 0.00819. The van der Waals surface area contributed by atoms with Gasteiger partial charge >= 0.3 is 0 Å². The Morgan fingerprint density at radius 1 is 1.03 bits per heavy atom. The number of anilines is 1. The highest BCUT2D eigenvalue weighted by Gasteiger charge is 2.34. The van der Waals surface area contributed by atoms with Crippen LogP contribution in [0.3, 0.4) is 0 Å². The lowest BCUT2D eigenvalue weighted by atomic mass is 10.1. The number of hydrogen-bond donors (Lipinski definition) is 1. The molecule has 0 unspecified atom stereocenters. The Morgan fingerprint density at radius 3 is 2.30 bits per heavy atom. The van der Waals surface area contributed by atoms with Crippen LogP contribution in [0.5, 0.6) is 5.75 Å². The number of aromatic nitrogens is 1. The van der Waals surface area contributed by atoms with E-state index >= 15 is 0 Å². The third-order valence-corrected chi connectivity index (χ3v) is 5.90. The van der Waals surface area contributed by atoms with Crippen molar-refractivity contribution in [1.82, 2.24) is 9.88 Å². The number of ether oxygens (including phenoxy) is 1. The summed E-state index contributed by atoms with van der Waals surface area (Å²) in [6.07, 6.45) is 1.61. The Hall–Kier alpha value is -3.42. The van der Waals surface area contributed by atoms with Gasteiger partial charge in [0.25, 0.3) is 11.8 Å². The molecule has 0 spiro atoms. The van der Waals surface area contributed by atoms with Crippen LogP contribution in [0.2, 0.25) is 5.02 Å². The minimum atomic E-state index is -0.525. The van der Waals surface area contributed by atoms with Crippen LogP contribution < -0.4 is 15.0 Å². The molecule has 1 fully saturated rings. The molecule has 0 radical (unpaired) electrons. The second-order valence-electron chi connectivity index (χ2n) is 7.52. The normalized spacial score (nSPS) is 15.2. The van der Waals surface area contributed by atoms with E-state index in [2.05, 4.69) is 5.32 Å². The second kappa shape index (κ2) is 9.21. The van der Waals surface area contributed by atoms with Crippen molar-refractivity contribution in [1.29, 1.82) is 0 Å². The number of nitrogens with zero attached hydrogens (tertiary/aromatic N) is 2. The molecular weight excluding hydrogens is 458 g/mol. The predicted molar refractivity (Wildman–Crippen MR) is 134 cm³/mol. The van der Waals surface area contributed by atoms with Crippen LogP contribution in [0.25, 0.3) is 11.8 Å². The molecule has 8 heteroatoms. The van der Waals surface area contributed by atoms with E-state index in [9.17, 15) is 9.59 Å². The molecule has 2 amide bonds. The van der Waals surface area contributed by atoms with Gasteiger partial charge in [0.1, 0.15) is 11.3 Å². The van der Waals surface area contributed by atoms with Gasteiger partial charge in [0, 0.05) is 22.1 Å². The number of aryl methyl sites for hydroxylation is 1. The highest BCUT2D eigenvalue weighted by Crippen LogP contribution is 2.27. The molecular formula is C25H22ClN3O3S. The van der Waals surface area contributed by atoms with Gasteiger partial charge in [0.05, 0.1) is 12.3 Å². The van der Waals surface area contributed by atoms with Gasteiger partial charge < -0.3 is 9.30 Å². The van der Waals surface area contributed by atoms with Gasteiger partial charge in [0.15, 0.2) is 5.11 Å². The van der Waals surface area contributed by atoms with E-state index in [1.165, 1.54) is 4.90 Å². The third kappa shape index (κ3) is 4.42. The quantitative estimate of drug-likeness (QED) is 0.318. The molecule has 0 atom stereocenters. The van der Waals surface area contributed by atoms with Crippen LogP contribution in [-0.4, -0.2) is 28.1 Å². The Kier molecular flexibility index (Phi) is 6.35. The first kappa shape index (κ1) is 22.8. The number of thiocarbonyl (C=S) groups is 1. The lowest BCUT2D eigenvalue weighted by molar-refractivity contribution is -0.122. The molecule has 6 nitrogen and oxygen atoms in total. The molecule has 3 aromatic rings. The van der Waals surface area contributed by atoms with E-state index in [1.807, 2.05) is 55.7 Å². The van der Waals surface area contributed by atoms with Gasteiger partial charge in [-0.2, -0.15) is 0 Å². The smallest absolute Gasteiger partial charge is 0.270 e. The summed E-state index contributed by atoms with van der Waals surface area (Å²) in [6, 6.07) is 16.4. The van der Waals surface area contributed by atoms with E-state index in [4.69, 9.17) is 28.6 Å². The van der Waals surface area contributed by atoms with Gasteiger partial charge in [-0.05, 0) is 99.2 Å². The van der Waals surface area contributed by atoms with Crippen molar-refractivity contribution in [3.05, 3.63) is 82.1 Å². The zero-order valence-electron chi connectivity index (χ0n) is 18.4. The molecule has 1 aliphatic heterocycles. The lowest BCUT2D eigenvalue weighted by Crippen LogP contribution is -2.54. The molecule has 0 saturated carbocycles. The average molecular weight is 480 g/mol. The summed E-state index contributed by atoms with van der Waals surface area (Å²) in [5.74, 6) is -0.321. The van der Waals surface area contributed by atoms with Gasteiger partial charge in [-0.1, -0.05) is 11.6 Å². The summed E-state index contributed by atoms with van der Waals surface area (Å²) >= 11 is 11.3. The van der Waals surface area contributed by atoms with E-state index < -0.39 is 11.8 Å². The van der Waals surface area contributed by atoms with Crippen molar-refractivity contribution >= 4 is 52.5 Å². The monoisotopic (exact) mass is 479 g/mol. The van der Waals surface area contributed by atoms with Crippen molar-refractivity contribution in [3.63, 3.8) is 0 Å². The molecule has 1 aliphatic rings. The van der Waals surface area contributed by atoms with Gasteiger partial charge in [-0.3, -0.25) is 19.8 Å². The summed E-state index contributed by atoms with van der Waals surface area (Å²) in [5.41, 5.74) is 4.11. The van der Waals surface area contributed by atoms with Crippen LogP contribution in [-0.2, 0) is 9.59 Å². The maximum atomic E-state index is 13.3. The van der Waals surface area contributed by atoms with Crippen LogP contribution in [0.15, 0.2) is 60.2 Å². The first-order chi connectivity index (χ1) is 15.8. The van der Waals surface area contributed by atoms with Crippen LogP contribution in [0.4, 0.5) is 5.69 Å². The largest absolute Gasteiger partial charge is 0.494 e. The molecule has 33 heavy (non-hydrogen) atoms. The molecule has 0 bridgehead atoms. The molecule has 2 heterocycles. The Bertz CT molecular complexity index is 1280. The number of nitrogens with one attached hydrogen (secondary N) is 1. The summed E-state index contributed by atoms with van der Waals surface area (Å²) in [4.78, 5) is 27.3. The SMILES string of the molecule is CCOc1ccc(N2C(=O)/C(=C\c3cc(C)n(-c4ccc(Cl)cc4)c3C)C(=O)NC2=S)cc1. The van der Waals surface area contributed by atoms with E-state index in [0.717, 1.165) is 22.6 Å². The Balaban J connectivity index is 1.71. The Morgan fingerprint density at radius 2 is 1.67 bits per heavy atom. The number of carbonyl (C=O) groups excluding carboxylic acids is 2. The first-order valence-electron chi connectivity index (χ1n) is 10.4. The maximum absolute atomic E-state index is 13.3. The van der Waals surface area contributed by atoms with Crippen LogP contribution in [0.1, 0.15) is 23.9 Å². The minimum Gasteiger partial charge on any atom is -0.494 e. The highest BCUT2D eigenvalue weighted by atomic mass is 35.5. The van der Waals surface area contributed by atoms with Gasteiger partial charge in [0.2, 0.25) is 0 Å². The molecule has 2 aromatic carbocycles. The summed E-state index contributed by atoms with van der Waals surface area (Å²) in [6.45, 7) is 6.34. The third-order valence-electron chi connectivity index (χ3n) is 5.36. The van der Waals surface area contributed by atoms with Crippen LogP contribution in [0, 0.1) is 13.8 Å². The number of halogens is 1. The second-order valence-corrected chi connectivity index (χ2v) is 8.35. The molecule has 168 valence electrons. The van der Waals surface area contributed by atoms with Crippen molar-refractivity contribution in [2.75, 3.05) is 11.5 Å². The zero-order chi connectivity index (χ0) is 23.7. The average Bonchev–Trinajstić information content (AvgIpc) is 3.06. The summed E-state index contributed by atoms with van der Waals surface area (Å²) in [7, 11) is 0. The fourth-order valence-electron chi connectivity index (χ4n) is 3.83. The number of hydrogen-bond acceptors (Lipinski definition) is 4. The lowest BCUT2D eigenvalue weighted by Gasteiger charge is -2.29. The fraction of sp³-hybridized carbons (Fsp3) is 0.160. The van der Waals surface area contributed by atoms with E-state index in [0.29, 0.717) is 23.1 Å². The topological polar surface area (TPSA) is 63.6 Å². The standard InChI is InChI=1S/C25H22ClN3O3S/c1-4-32-21-11-9-20(10-12-21)29-24(31)22(23(30)27-25(29)33)14-17-13-15(2)28(16(17)3)19-7-5-18(26)6-8-19/h5-14H,4H2,1-3H3,(H,27,30,33)/b22-14-. The van der Waals surface area contributed by atoms with E-state index in [1.54, 1.807) is 30.3 Å². The zero-order valence-corrected chi connectivity index (χ0v) is 20.0. The number of rotatable bonds is 5. The first-order valence-corrected chi connectivity index (χ1v) is 11.2. The number of carbonyl (C=O) groups is 2. The number of amides is 2. The number of benzene rings is 2. The summed E-state index contributed by atoms with van der Waals surface area (Å²) < 4.78 is 7.51. The molecule has 0 aliphatic carbocycles. The van der Waals surface area contributed by atoms with Gasteiger partial charge in [-0.15, -0.1) is 0 Å². The Labute approximate surface area is 202 Å². The van der Waals surface area contributed by atoms with Gasteiger partial charge in [-0.25, -0.2) is 0 Å². The molecule has 1 aromatic heterocycles. The predicted octanol–water partition coefficient (Wildman–Crippen LogP) is 4.98. The van der Waals surface area contributed by atoms with E-state index in [-0.39, 0.29) is 10.7 Å². The highest BCUT2D eigenvalue weighted by molar-refractivity contribution is 7.80.